The topological polar surface area (TPSA) is 49.4 Å². The monoisotopic (exact) mass is 454 g/mol. The van der Waals surface area contributed by atoms with E-state index in [4.69, 9.17) is 0 Å². The first-order valence-electron chi connectivity index (χ1n) is 12.4. The Morgan fingerprint density at radius 1 is 0.735 bits per heavy atom. The highest BCUT2D eigenvalue weighted by Gasteiger charge is 2.31. The molecule has 4 heteroatoms. The molecule has 0 aliphatic heterocycles. The van der Waals surface area contributed by atoms with E-state index in [1.165, 1.54) is 6.42 Å². The smallest absolute Gasteiger partial charge is 0.243 e. The quantitative estimate of drug-likeness (QED) is 0.476. The zero-order chi connectivity index (χ0) is 23.6. The normalized spacial score (nSPS) is 14.8. The fourth-order valence-electron chi connectivity index (χ4n) is 4.75. The average molecular weight is 455 g/mol. The standard InChI is InChI=1S/C30H34N2O2/c33-29(22-25-15-7-2-8-16-25)32(23-26-17-9-3-10-18-26)28(21-24-13-5-1-6-14-24)30(34)31-27-19-11-4-12-20-27/h1-3,5-10,13-18,27-28H,4,11-12,19-23H2,(H,31,34)/t28-/m1/s1. The van der Waals surface area contributed by atoms with Gasteiger partial charge in [-0.2, -0.15) is 0 Å². The van der Waals surface area contributed by atoms with E-state index in [1.54, 1.807) is 4.90 Å². The Bertz CT molecular complexity index is 1030. The van der Waals surface area contributed by atoms with Crippen LogP contribution in [0, 0.1) is 0 Å². The van der Waals surface area contributed by atoms with Crippen molar-refractivity contribution in [2.24, 2.45) is 0 Å². The molecule has 1 aliphatic carbocycles. The van der Waals surface area contributed by atoms with Crippen molar-refractivity contribution in [2.45, 2.75) is 63.6 Å². The van der Waals surface area contributed by atoms with Gasteiger partial charge in [0.2, 0.25) is 11.8 Å². The number of benzene rings is 3. The maximum atomic E-state index is 13.7. The van der Waals surface area contributed by atoms with Crippen molar-refractivity contribution in [1.82, 2.24) is 10.2 Å². The minimum absolute atomic E-state index is 0.0326. The molecule has 0 unspecified atom stereocenters. The van der Waals surface area contributed by atoms with E-state index in [1.807, 2.05) is 91.0 Å². The maximum absolute atomic E-state index is 13.7. The van der Waals surface area contributed by atoms with Crippen LogP contribution in [0.1, 0.15) is 48.8 Å². The van der Waals surface area contributed by atoms with Gasteiger partial charge < -0.3 is 10.2 Å². The molecule has 1 aliphatic rings. The lowest BCUT2D eigenvalue weighted by atomic mass is 9.94. The summed E-state index contributed by atoms with van der Waals surface area (Å²) in [7, 11) is 0. The molecule has 4 nitrogen and oxygen atoms in total. The summed E-state index contributed by atoms with van der Waals surface area (Å²) >= 11 is 0. The number of hydrogen-bond donors (Lipinski definition) is 1. The Hall–Kier alpha value is -3.40. The molecule has 3 aromatic rings. The van der Waals surface area contributed by atoms with Crippen molar-refractivity contribution >= 4 is 11.8 Å². The van der Waals surface area contributed by atoms with E-state index in [2.05, 4.69) is 5.32 Å². The Labute approximate surface area is 203 Å². The van der Waals surface area contributed by atoms with E-state index >= 15 is 0 Å². The van der Waals surface area contributed by atoms with Crippen LogP contribution in [-0.2, 0) is 29.0 Å². The van der Waals surface area contributed by atoms with E-state index in [9.17, 15) is 9.59 Å². The first-order valence-corrected chi connectivity index (χ1v) is 12.4. The zero-order valence-electron chi connectivity index (χ0n) is 19.7. The molecule has 1 N–H and O–H groups in total. The van der Waals surface area contributed by atoms with E-state index in [-0.39, 0.29) is 24.3 Å². The predicted molar refractivity (Wildman–Crippen MR) is 136 cm³/mol. The van der Waals surface area contributed by atoms with Gasteiger partial charge in [-0.15, -0.1) is 0 Å². The number of carbonyl (C=O) groups is 2. The molecule has 0 saturated heterocycles. The van der Waals surface area contributed by atoms with Crippen molar-refractivity contribution < 1.29 is 9.59 Å². The van der Waals surface area contributed by atoms with Crippen molar-refractivity contribution in [3.05, 3.63) is 108 Å². The Kier molecular flexibility index (Phi) is 8.50. The number of nitrogens with one attached hydrogen (secondary N) is 1. The molecule has 176 valence electrons. The fraction of sp³-hybridized carbons (Fsp3) is 0.333. The largest absolute Gasteiger partial charge is 0.352 e. The molecule has 1 saturated carbocycles. The third kappa shape index (κ3) is 6.80. The second-order valence-electron chi connectivity index (χ2n) is 9.22. The highest BCUT2D eigenvalue weighted by molar-refractivity contribution is 5.89. The van der Waals surface area contributed by atoms with E-state index in [0.29, 0.717) is 13.0 Å². The first kappa shape index (κ1) is 23.7. The van der Waals surface area contributed by atoms with Crippen LogP contribution in [0.4, 0.5) is 0 Å². The summed E-state index contributed by atoms with van der Waals surface area (Å²) in [6, 6.07) is 29.4. The van der Waals surface area contributed by atoms with Crippen molar-refractivity contribution in [2.75, 3.05) is 0 Å². The third-order valence-electron chi connectivity index (χ3n) is 6.62. The zero-order valence-corrected chi connectivity index (χ0v) is 19.7. The summed E-state index contributed by atoms with van der Waals surface area (Å²) < 4.78 is 0. The van der Waals surface area contributed by atoms with Gasteiger partial charge in [0.05, 0.1) is 6.42 Å². The van der Waals surface area contributed by atoms with Gasteiger partial charge in [0.15, 0.2) is 0 Å². The molecule has 4 rings (SSSR count). The molecular weight excluding hydrogens is 420 g/mol. The molecule has 0 bridgehead atoms. The summed E-state index contributed by atoms with van der Waals surface area (Å²) in [5.74, 6) is -0.0807. The minimum Gasteiger partial charge on any atom is -0.352 e. The molecule has 1 atom stereocenters. The van der Waals surface area contributed by atoms with Gasteiger partial charge >= 0.3 is 0 Å². The Morgan fingerprint density at radius 2 is 1.26 bits per heavy atom. The average Bonchev–Trinajstić information content (AvgIpc) is 2.88. The van der Waals surface area contributed by atoms with Crippen LogP contribution in [0.25, 0.3) is 0 Å². The minimum atomic E-state index is -0.569. The van der Waals surface area contributed by atoms with Crippen molar-refractivity contribution in [1.29, 1.82) is 0 Å². The molecule has 1 fully saturated rings. The fourth-order valence-corrected chi connectivity index (χ4v) is 4.75. The van der Waals surface area contributed by atoms with E-state index < -0.39 is 6.04 Å². The number of hydrogen-bond acceptors (Lipinski definition) is 2. The van der Waals surface area contributed by atoms with Crippen molar-refractivity contribution in [3.8, 4) is 0 Å². The summed E-state index contributed by atoms with van der Waals surface area (Å²) in [4.78, 5) is 29.2. The second kappa shape index (κ2) is 12.2. The summed E-state index contributed by atoms with van der Waals surface area (Å²) in [6.07, 6.45) is 6.32. The highest BCUT2D eigenvalue weighted by atomic mass is 16.2. The summed E-state index contributed by atoms with van der Waals surface area (Å²) in [5.41, 5.74) is 3.03. The van der Waals surface area contributed by atoms with Crippen LogP contribution in [0.5, 0.6) is 0 Å². The van der Waals surface area contributed by atoms with E-state index in [0.717, 1.165) is 42.4 Å². The summed E-state index contributed by atoms with van der Waals surface area (Å²) in [6.45, 7) is 0.405. The Morgan fingerprint density at radius 3 is 1.85 bits per heavy atom. The molecule has 0 radical (unpaired) electrons. The lowest BCUT2D eigenvalue weighted by Crippen LogP contribution is -2.53. The highest BCUT2D eigenvalue weighted by Crippen LogP contribution is 2.20. The van der Waals surface area contributed by atoms with Crippen LogP contribution >= 0.6 is 0 Å². The molecule has 3 aromatic carbocycles. The number of rotatable bonds is 9. The third-order valence-corrected chi connectivity index (χ3v) is 6.62. The molecule has 0 aromatic heterocycles. The Balaban J connectivity index is 1.62. The lowest BCUT2D eigenvalue weighted by Gasteiger charge is -2.33. The summed E-state index contributed by atoms with van der Waals surface area (Å²) in [5, 5.41) is 3.29. The van der Waals surface area contributed by atoms with Gasteiger partial charge in [-0.1, -0.05) is 110 Å². The van der Waals surface area contributed by atoms with Crippen LogP contribution < -0.4 is 5.32 Å². The molecule has 34 heavy (non-hydrogen) atoms. The van der Waals surface area contributed by atoms with Crippen LogP contribution in [0.15, 0.2) is 91.0 Å². The second-order valence-corrected chi connectivity index (χ2v) is 9.22. The number of carbonyl (C=O) groups excluding carboxylic acids is 2. The van der Waals surface area contributed by atoms with Gasteiger partial charge in [0.25, 0.3) is 0 Å². The first-order chi connectivity index (χ1) is 16.7. The molecular formula is C30H34N2O2. The lowest BCUT2D eigenvalue weighted by molar-refractivity contribution is -0.141. The van der Waals surface area contributed by atoms with Gasteiger partial charge in [-0.3, -0.25) is 9.59 Å². The molecule has 2 amide bonds. The number of amides is 2. The maximum Gasteiger partial charge on any atom is 0.243 e. The van der Waals surface area contributed by atoms with Gasteiger partial charge in [-0.25, -0.2) is 0 Å². The van der Waals surface area contributed by atoms with Gasteiger partial charge in [0, 0.05) is 19.0 Å². The predicted octanol–water partition coefficient (Wildman–Crippen LogP) is 5.32. The van der Waals surface area contributed by atoms with Gasteiger partial charge in [0.1, 0.15) is 6.04 Å². The van der Waals surface area contributed by atoms with Crippen molar-refractivity contribution in [3.63, 3.8) is 0 Å². The molecule has 0 heterocycles. The SMILES string of the molecule is O=C(NC1CCCCC1)[C@@H](Cc1ccccc1)N(Cc1ccccc1)C(=O)Cc1ccccc1. The van der Waals surface area contributed by atoms with Crippen LogP contribution in [0.3, 0.4) is 0 Å². The van der Waals surface area contributed by atoms with Gasteiger partial charge in [-0.05, 0) is 29.5 Å². The number of nitrogens with zero attached hydrogens (tertiary/aromatic N) is 1. The van der Waals surface area contributed by atoms with Crippen LogP contribution in [-0.4, -0.2) is 28.8 Å². The van der Waals surface area contributed by atoms with Crippen LogP contribution in [0.2, 0.25) is 0 Å². The molecule has 0 spiro atoms.